The van der Waals surface area contributed by atoms with Crippen LogP contribution in [0.2, 0.25) is 0 Å². The van der Waals surface area contributed by atoms with E-state index in [0.717, 1.165) is 46.2 Å². The van der Waals surface area contributed by atoms with Crippen LogP contribution in [-0.4, -0.2) is 66.8 Å². The van der Waals surface area contributed by atoms with Crippen LogP contribution in [0.1, 0.15) is 47.9 Å². The lowest BCUT2D eigenvalue weighted by Gasteiger charge is -2.42. The number of phosphoric ester groups is 1. The number of phosphoric acid groups is 1. The Morgan fingerprint density at radius 3 is 2.13 bits per heavy atom. The SMILES string of the molecule is CCCCOCC1OC(O)[C@@H](NC(=O)OCC2c3ccccc3-c3ccccc32)C(O)[C@@H]1OP1(=O)OCc2ccccc2CO1. The van der Waals surface area contributed by atoms with Gasteiger partial charge in [0.15, 0.2) is 6.29 Å². The molecule has 2 aliphatic heterocycles. The van der Waals surface area contributed by atoms with Crippen molar-refractivity contribution in [1.29, 1.82) is 0 Å². The quantitative estimate of drug-likeness (QED) is 0.204. The Hall–Kier alpha value is -3.12. The number of hydrogen-bond acceptors (Lipinski definition) is 10. The Morgan fingerprint density at radius 1 is 0.911 bits per heavy atom. The highest BCUT2D eigenvalue weighted by Crippen LogP contribution is 2.55. The van der Waals surface area contributed by atoms with E-state index in [9.17, 15) is 19.6 Å². The number of amides is 1. The molecule has 0 bridgehead atoms. The monoisotopic (exact) mass is 639 g/mol. The van der Waals surface area contributed by atoms with Crippen molar-refractivity contribution >= 4 is 13.9 Å². The number of aliphatic hydroxyl groups is 2. The van der Waals surface area contributed by atoms with Gasteiger partial charge in [0.25, 0.3) is 0 Å². The molecule has 3 aromatic rings. The molecule has 3 N–H and O–H groups in total. The number of rotatable bonds is 10. The molecular weight excluding hydrogens is 601 g/mol. The summed E-state index contributed by atoms with van der Waals surface area (Å²) in [4.78, 5) is 13.1. The molecule has 1 saturated heterocycles. The van der Waals surface area contributed by atoms with Crippen LogP contribution in [0.4, 0.5) is 4.79 Å². The summed E-state index contributed by atoms with van der Waals surface area (Å²) in [6.07, 6.45) is -4.79. The number of hydrogen-bond donors (Lipinski definition) is 3. The predicted molar refractivity (Wildman–Crippen MR) is 163 cm³/mol. The molecule has 3 aromatic carbocycles. The minimum Gasteiger partial charge on any atom is -0.449 e. The van der Waals surface area contributed by atoms with Gasteiger partial charge in [-0.25, -0.2) is 9.36 Å². The third-order valence-electron chi connectivity index (χ3n) is 8.37. The van der Waals surface area contributed by atoms with Gasteiger partial charge in [-0.2, -0.15) is 0 Å². The fraction of sp³-hybridized carbons (Fsp3) is 0.424. The smallest absolute Gasteiger partial charge is 0.449 e. The number of unbranched alkanes of at least 4 members (excludes halogenated alkanes) is 1. The van der Waals surface area contributed by atoms with Gasteiger partial charge < -0.3 is 29.7 Å². The zero-order chi connectivity index (χ0) is 31.4. The van der Waals surface area contributed by atoms with E-state index in [1.807, 2.05) is 79.7 Å². The molecule has 240 valence electrons. The lowest BCUT2D eigenvalue weighted by molar-refractivity contribution is -0.253. The number of benzene rings is 3. The molecule has 2 heterocycles. The van der Waals surface area contributed by atoms with Gasteiger partial charge in [-0.05, 0) is 39.8 Å². The van der Waals surface area contributed by atoms with E-state index in [1.165, 1.54) is 0 Å². The second-order valence-corrected chi connectivity index (χ2v) is 12.9. The van der Waals surface area contributed by atoms with Gasteiger partial charge in [-0.1, -0.05) is 86.1 Å². The molecule has 1 aliphatic carbocycles. The summed E-state index contributed by atoms with van der Waals surface area (Å²) in [7, 11) is -4.22. The molecule has 12 heteroatoms. The first-order valence-electron chi connectivity index (χ1n) is 15.2. The van der Waals surface area contributed by atoms with E-state index < -0.39 is 44.6 Å². The summed E-state index contributed by atoms with van der Waals surface area (Å²) in [5.41, 5.74) is 5.85. The van der Waals surface area contributed by atoms with Crippen LogP contribution in [0, 0.1) is 0 Å². The van der Waals surface area contributed by atoms with E-state index in [4.69, 9.17) is 27.8 Å². The van der Waals surface area contributed by atoms with Crippen LogP contribution in [0.25, 0.3) is 11.1 Å². The summed E-state index contributed by atoms with van der Waals surface area (Å²) < 4.78 is 47.8. The number of ether oxygens (including phenoxy) is 3. The molecule has 1 fully saturated rings. The zero-order valence-electron chi connectivity index (χ0n) is 24.9. The number of aliphatic hydroxyl groups excluding tert-OH is 2. The van der Waals surface area contributed by atoms with E-state index >= 15 is 0 Å². The standard InChI is InChI=1S/C33H38NO10P/c1-2-3-16-39-20-28-31(44-45(38)41-17-21-10-4-5-11-22(21)18-42-45)30(35)29(32(36)43-28)34-33(37)40-19-27-25-14-8-6-12-23(25)24-13-7-9-15-26(24)27/h4-15,27-32,35-36H,2-3,16-20H2,1H3,(H,34,37)/t28?,29-,30?,31+,32?/m0/s1. The summed E-state index contributed by atoms with van der Waals surface area (Å²) in [5, 5.41) is 24.8. The first-order chi connectivity index (χ1) is 21.9. The Balaban J connectivity index is 1.14. The van der Waals surface area contributed by atoms with Gasteiger partial charge >= 0.3 is 13.9 Å². The Kier molecular flexibility index (Phi) is 9.99. The number of fused-ring (bicyclic) bond motifs is 4. The van der Waals surface area contributed by atoms with Crippen LogP contribution < -0.4 is 5.32 Å². The highest BCUT2D eigenvalue weighted by atomic mass is 31.2. The van der Waals surface area contributed by atoms with Crippen molar-refractivity contribution in [2.75, 3.05) is 19.8 Å². The molecule has 0 spiro atoms. The molecule has 0 radical (unpaired) electrons. The molecule has 3 aliphatic rings. The first-order valence-corrected chi connectivity index (χ1v) is 16.7. The van der Waals surface area contributed by atoms with Gasteiger partial charge in [-0.3, -0.25) is 13.6 Å². The van der Waals surface area contributed by atoms with Crippen LogP contribution >= 0.6 is 7.82 Å². The van der Waals surface area contributed by atoms with E-state index in [2.05, 4.69) is 5.32 Å². The minimum absolute atomic E-state index is 0.0289. The fourth-order valence-corrected chi connectivity index (χ4v) is 7.31. The molecule has 0 aromatic heterocycles. The van der Waals surface area contributed by atoms with Crippen molar-refractivity contribution < 1.29 is 47.4 Å². The number of alkyl carbamates (subject to hydrolysis) is 1. The molecule has 45 heavy (non-hydrogen) atoms. The zero-order valence-corrected chi connectivity index (χ0v) is 25.8. The van der Waals surface area contributed by atoms with Gasteiger partial charge in [0, 0.05) is 12.5 Å². The molecule has 3 unspecified atom stereocenters. The average molecular weight is 640 g/mol. The second-order valence-electron chi connectivity index (χ2n) is 11.3. The van der Waals surface area contributed by atoms with Crippen molar-refractivity contribution in [1.82, 2.24) is 5.32 Å². The topological polar surface area (TPSA) is 142 Å². The summed E-state index contributed by atoms with van der Waals surface area (Å²) >= 11 is 0. The summed E-state index contributed by atoms with van der Waals surface area (Å²) in [5.74, 6) is -0.180. The molecule has 5 atom stereocenters. The van der Waals surface area contributed by atoms with Crippen molar-refractivity contribution in [2.24, 2.45) is 0 Å². The van der Waals surface area contributed by atoms with Gasteiger partial charge in [0.2, 0.25) is 0 Å². The number of carbonyl (C=O) groups is 1. The molecular formula is C33H38NO10P. The lowest BCUT2D eigenvalue weighted by Crippen LogP contribution is -2.64. The van der Waals surface area contributed by atoms with Gasteiger partial charge in [-0.15, -0.1) is 0 Å². The maximum absolute atomic E-state index is 13.7. The molecule has 1 amide bonds. The Labute approximate surface area is 262 Å². The second kappa shape index (κ2) is 14.1. The van der Waals surface area contributed by atoms with Gasteiger partial charge in [0.1, 0.15) is 31.0 Å². The van der Waals surface area contributed by atoms with Crippen molar-refractivity contribution in [3.63, 3.8) is 0 Å². The van der Waals surface area contributed by atoms with Crippen LogP contribution in [0.3, 0.4) is 0 Å². The third kappa shape index (κ3) is 7.01. The predicted octanol–water partition coefficient (Wildman–Crippen LogP) is 5.03. The molecule has 11 nitrogen and oxygen atoms in total. The third-order valence-corrected chi connectivity index (χ3v) is 9.76. The summed E-state index contributed by atoms with van der Waals surface area (Å²) in [6.45, 7) is 2.33. The van der Waals surface area contributed by atoms with Crippen LogP contribution in [0.15, 0.2) is 72.8 Å². The van der Waals surface area contributed by atoms with Gasteiger partial charge in [0.05, 0.1) is 19.8 Å². The van der Waals surface area contributed by atoms with Crippen LogP contribution in [-0.2, 0) is 45.6 Å². The maximum Gasteiger partial charge on any atom is 0.475 e. The van der Waals surface area contributed by atoms with Crippen molar-refractivity contribution in [2.45, 2.75) is 69.5 Å². The van der Waals surface area contributed by atoms with E-state index in [-0.39, 0.29) is 32.3 Å². The largest absolute Gasteiger partial charge is 0.475 e. The van der Waals surface area contributed by atoms with E-state index in [0.29, 0.717) is 6.61 Å². The van der Waals surface area contributed by atoms with Crippen molar-refractivity contribution in [3.8, 4) is 11.1 Å². The maximum atomic E-state index is 13.7. The first kappa shape index (κ1) is 31.8. The number of nitrogens with one attached hydrogen (secondary N) is 1. The number of carbonyl (C=O) groups excluding carboxylic acids is 1. The van der Waals surface area contributed by atoms with Crippen LogP contribution in [0.5, 0.6) is 0 Å². The fourth-order valence-electron chi connectivity index (χ4n) is 5.96. The average Bonchev–Trinajstić information content (AvgIpc) is 3.27. The molecule has 0 saturated carbocycles. The van der Waals surface area contributed by atoms with Crippen molar-refractivity contribution in [3.05, 3.63) is 95.1 Å². The van der Waals surface area contributed by atoms with E-state index in [1.54, 1.807) is 0 Å². The minimum atomic E-state index is -4.22. The summed E-state index contributed by atoms with van der Waals surface area (Å²) in [6, 6.07) is 21.9. The highest BCUT2D eigenvalue weighted by Gasteiger charge is 2.50. The lowest BCUT2D eigenvalue weighted by atomic mass is 9.97. The highest BCUT2D eigenvalue weighted by molar-refractivity contribution is 7.48. The normalized spacial score (nSPS) is 25.4. The Bertz CT molecular complexity index is 1460. The Morgan fingerprint density at radius 2 is 1.51 bits per heavy atom. The molecule has 6 rings (SSSR count).